The SMILES string of the molecule is c1ccc2c(c1)Cc1cc3c(cc1-2)N1c2ccccc2Cc2cccc(c21)C3. The van der Waals surface area contributed by atoms with Gasteiger partial charge in [-0.25, -0.2) is 0 Å². The van der Waals surface area contributed by atoms with Crippen LogP contribution in [0.15, 0.2) is 78.9 Å². The number of anilines is 3. The zero-order valence-electron chi connectivity index (χ0n) is 15.6. The van der Waals surface area contributed by atoms with E-state index in [-0.39, 0.29) is 0 Å². The second-order valence-corrected chi connectivity index (χ2v) is 8.21. The molecule has 0 aromatic heterocycles. The molecule has 3 aliphatic rings. The van der Waals surface area contributed by atoms with Crippen molar-refractivity contribution in [3.05, 3.63) is 112 Å². The van der Waals surface area contributed by atoms with Crippen molar-refractivity contribution in [2.75, 3.05) is 4.90 Å². The van der Waals surface area contributed by atoms with Crippen LogP contribution in [0.1, 0.15) is 33.4 Å². The highest BCUT2D eigenvalue weighted by Crippen LogP contribution is 2.52. The quantitative estimate of drug-likeness (QED) is 0.298. The molecule has 28 heavy (non-hydrogen) atoms. The van der Waals surface area contributed by atoms with Gasteiger partial charge in [0, 0.05) is 18.5 Å². The average Bonchev–Trinajstić information content (AvgIpc) is 3.09. The van der Waals surface area contributed by atoms with E-state index < -0.39 is 0 Å². The predicted octanol–water partition coefficient (Wildman–Crippen LogP) is 6.54. The summed E-state index contributed by atoms with van der Waals surface area (Å²) in [4.78, 5) is 2.53. The van der Waals surface area contributed by atoms with Crippen LogP contribution in [0.3, 0.4) is 0 Å². The van der Waals surface area contributed by atoms with Crippen molar-refractivity contribution in [1.29, 1.82) is 0 Å². The van der Waals surface area contributed by atoms with E-state index in [2.05, 4.69) is 83.8 Å². The Balaban J connectivity index is 1.53. The first-order valence-electron chi connectivity index (χ1n) is 10.1. The normalized spacial score (nSPS) is 14.6. The van der Waals surface area contributed by atoms with Crippen molar-refractivity contribution in [3.63, 3.8) is 0 Å². The van der Waals surface area contributed by atoms with E-state index in [0.717, 1.165) is 19.3 Å². The Morgan fingerprint density at radius 3 is 2.04 bits per heavy atom. The molecule has 4 aromatic carbocycles. The molecule has 0 fully saturated rings. The third-order valence-corrected chi connectivity index (χ3v) is 6.65. The van der Waals surface area contributed by atoms with E-state index >= 15 is 0 Å². The highest BCUT2D eigenvalue weighted by molar-refractivity contribution is 5.92. The van der Waals surface area contributed by atoms with Gasteiger partial charge in [0.05, 0.1) is 11.4 Å². The number of fused-ring (bicyclic) bond motifs is 7. The number of rotatable bonds is 0. The highest BCUT2D eigenvalue weighted by Gasteiger charge is 2.32. The Hall–Kier alpha value is -3.32. The Labute approximate surface area is 164 Å². The van der Waals surface area contributed by atoms with Gasteiger partial charge in [0.2, 0.25) is 0 Å². The standard InChI is InChI=1S/C27H19N/c1-3-10-23-17(6-1)12-21-15-22-14-20-9-5-8-19-13-18-7-2-4-11-25(18)28(27(19)20)26(22)16-24(21)23/h1-11,15-16H,12-14H2. The summed E-state index contributed by atoms with van der Waals surface area (Å²) in [7, 11) is 0. The van der Waals surface area contributed by atoms with Crippen molar-refractivity contribution in [3.8, 4) is 11.1 Å². The topological polar surface area (TPSA) is 3.24 Å². The Morgan fingerprint density at radius 2 is 1.14 bits per heavy atom. The molecule has 0 saturated heterocycles. The van der Waals surface area contributed by atoms with Gasteiger partial charge in [0.25, 0.3) is 0 Å². The van der Waals surface area contributed by atoms with Crippen molar-refractivity contribution in [1.82, 2.24) is 0 Å². The number of benzene rings is 4. The van der Waals surface area contributed by atoms with Crippen molar-refractivity contribution in [2.24, 2.45) is 0 Å². The summed E-state index contributed by atoms with van der Waals surface area (Å²) < 4.78 is 0. The maximum atomic E-state index is 2.53. The smallest absolute Gasteiger partial charge is 0.0532 e. The molecule has 2 heterocycles. The van der Waals surface area contributed by atoms with E-state index in [9.17, 15) is 0 Å². The third kappa shape index (κ3) is 1.81. The summed E-state index contributed by atoms with van der Waals surface area (Å²) in [5, 5.41) is 0. The van der Waals surface area contributed by atoms with E-state index in [4.69, 9.17) is 0 Å². The minimum absolute atomic E-state index is 1.03. The summed E-state index contributed by atoms with van der Waals surface area (Å²) in [6, 6.07) is 29.5. The molecule has 0 radical (unpaired) electrons. The lowest BCUT2D eigenvalue weighted by Crippen LogP contribution is -2.24. The zero-order chi connectivity index (χ0) is 18.2. The Morgan fingerprint density at radius 1 is 0.464 bits per heavy atom. The predicted molar refractivity (Wildman–Crippen MR) is 115 cm³/mol. The van der Waals surface area contributed by atoms with Crippen LogP contribution in [0.25, 0.3) is 11.1 Å². The fourth-order valence-electron chi connectivity index (χ4n) is 5.45. The fourth-order valence-corrected chi connectivity index (χ4v) is 5.45. The molecule has 132 valence electrons. The average molecular weight is 357 g/mol. The van der Waals surface area contributed by atoms with E-state index in [1.165, 1.54) is 61.6 Å². The molecule has 0 N–H and O–H groups in total. The largest absolute Gasteiger partial charge is 0.309 e. The van der Waals surface area contributed by atoms with Crippen molar-refractivity contribution < 1.29 is 0 Å². The van der Waals surface area contributed by atoms with Crippen LogP contribution in [-0.2, 0) is 19.3 Å². The van der Waals surface area contributed by atoms with E-state index in [1.54, 1.807) is 0 Å². The highest BCUT2D eigenvalue weighted by atomic mass is 15.2. The minimum Gasteiger partial charge on any atom is -0.309 e. The van der Waals surface area contributed by atoms with Crippen LogP contribution < -0.4 is 4.90 Å². The Bertz CT molecular complexity index is 1300. The van der Waals surface area contributed by atoms with Crippen LogP contribution in [0.2, 0.25) is 0 Å². The summed E-state index contributed by atoms with van der Waals surface area (Å²) in [6.07, 6.45) is 3.11. The molecule has 0 unspecified atom stereocenters. The molecule has 0 spiro atoms. The van der Waals surface area contributed by atoms with E-state index in [0.29, 0.717) is 0 Å². The Kier molecular flexibility index (Phi) is 2.70. The molecule has 1 heteroatoms. The van der Waals surface area contributed by atoms with Crippen LogP contribution in [0, 0.1) is 0 Å². The van der Waals surface area contributed by atoms with E-state index in [1.807, 2.05) is 0 Å². The van der Waals surface area contributed by atoms with Gasteiger partial charge in [0.1, 0.15) is 0 Å². The van der Waals surface area contributed by atoms with Crippen LogP contribution >= 0.6 is 0 Å². The molecule has 1 nitrogen and oxygen atoms in total. The molecule has 1 aliphatic carbocycles. The van der Waals surface area contributed by atoms with Crippen molar-refractivity contribution >= 4 is 17.1 Å². The second-order valence-electron chi connectivity index (χ2n) is 8.21. The molecule has 0 atom stereocenters. The molecule has 0 amide bonds. The van der Waals surface area contributed by atoms with Gasteiger partial charge < -0.3 is 4.90 Å². The van der Waals surface area contributed by atoms with Gasteiger partial charge in [-0.2, -0.15) is 0 Å². The molecule has 0 saturated carbocycles. The summed E-state index contributed by atoms with van der Waals surface area (Å²) >= 11 is 0. The lowest BCUT2D eigenvalue weighted by Gasteiger charge is -2.39. The molecule has 0 bridgehead atoms. The van der Waals surface area contributed by atoms with Gasteiger partial charge in [-0.1, -0.05) is 66.7 Å². The van der Waals surface area contributed by atoms with Crippen LogP contribution in [0.4, 0.5) is 17.1 Å². The molecule has 7 rings (SSSR count). The minimum atomic E-state index is 1.03. The fraction of sp³-hybridized carbons (Fsp3) is 0.111. The first-order chi connectivity index (χ1) is 13.9. The molecular formula is C27H19N. The monoisotopic (exact) mass is 357 g/mol. The van der Waals surface area contributed by atoms with Gasteiger partial charge >= 0.3 is 0 Å². The number of hydrogen-bond donors (Lipinski definition) is 0. The maximum Gasteiger partial charge on any atom is 0.0532 e. The maximum absolute atomic E-state index is 2.53. The zero-order valence-corrected chi connectivity index (χ0v) is 15.6. The third-order valence-electron chi connectivity index (χ3n) is 6.65. The lowest BCUT2D eigenvalue weighted by molar-refractivity contribution is 1.01. The van der Waals surface area contributed by atoms with Gasteiger partial charge in [-0.05, 0) is 63.1 Å². The summed E-state index contributed by atoms with van der Waals surface area (Å²) in [6.45, 7) is 0. The van der Waals surface area contributed by atoms with Gasteiger partial charge in [0.15, 0.2) is 0 Å². The first-order valence-corrected chi connectivity index (χ1v) is 10.1. The van der Waals surface area contributed by atoms with Crippen LogP contribution in [-0.4, -0.2) is 0 Å². The lowest BCUT2D eigenvalue weighted by atomic mass is 9.85. The second kappa shape index (κ2) is 5.14. The molecular weight excluding hydrogens is 338 g/mol. The molecule has 4 aromatic rings. The van der Waals surface area contributed by atoms with Gasteiger partial charge in [-0.15, -0.1) is 0 Å². The first kappa shape index (κ1) is 14.7. The number of para-hydroxylation sites is 2. The van der Waals surface area contributed by atoms with Crippen LogP contribution in [0.5, 0.6) is 0 Å². The van der Waals surface area contributed by atoms with Gasteiger partial charge in [-0.3, -0.25) is 0 Å². The molecule has 2 aliphatic heterocycles. The van der Waals surface area contributed by atoms with Crippen molar-refractivity contribution in [2.45, 2.75) is 19.3 Å². The number of nitrogens with zero attached hydrogens (tertiary/aromatic N) is 1. The summed E-state index contributed by atoms with van der Waals surface area (Å²) in [5.41, 5.74) is 15.6. The summed E-state index contributed by atoms with van der Waals surface area (Å²) in [5.74, 6) is 0. The number of hydrogen-bond acceptors (Lipinski definition) is 1.